The van der Waals surface area contributed by atoms with Crippen LogP contribution in [0.1, 0.15) is 35.2 Å². The number of pyridine rings is 1. The van der Waals surface area contributed by atoms with Gasteiger partial charge < -0.3 is 9.64 Å². The number of ether oxygens (including phenoxy) is 1. The summed E-state index contributed by atoms with van der Waals surface area (Å²) in [6.07, 6.45) is 8.10. The Hall–Kier alpha value is -2.20. The van der Waals surface area contributed by atoms with Crippen LogP contribution in [0.3, 0.4) is 0 Å². The molecule has 0 spiro atoms. The number of nitrogens with zero attached hydrogens (tertiary/aromatic N) is 2. The van der Waals surface area contributed by atoms with E-state index in [1.165, 1.54) is 18.4 Å². The molecule has 0 N–H and O–H groups in total. The lowest BCUT2D eigenvalue weighted by atomic mass is 9.88. The number of carbonyl (C=O) groups is 1. The zero-order valence-corrected chi connectivity index (χ0v) is 15.1. The molecule has 1 saturated carbocycles. The van der Waals surface area contributed by atoms with Crippen LogP contribution in [0.25, 0.3) is 0 Å². The molecule has 2 aliphatic rings. The van der Waals surface area contributed by atoms with Gasteiger partial charge in [-0.05, 0) is 49.3 Å². The van der Waals surface area contributed by atoms with Gasteiger partial charge in [0.05, 0.1) is 6.10 Å². The quantitative estimate of drug-likeness (QED) is 0.800. The maximum Gasteiger partial charge on any atom is 0.253 e. The number of benzene rings is 1. The Kier molecular flexibility index (Phi) is 5.30. The molecule has 2 heterocycles. The number of rotatable bonds is 6. The highest BCUT2D eigenvalue weighted by Crippen LogP contribution is 2.32. The first-order valence-electron chi connectivity index (χ1n) is 9.64. The molecule has 26 heavy (non-hydrogen) atoms. The van der Waals surface area contributed by atoms with E-state index in [1.54, 1.807) is 24.5 Å². The molecule has 1 amide bonds. The number of hydrogen-bond acceptors (Lipinski definition) is 3. The third-order valence-corrected chi connectivity index (χ3v) is 5.46. The van der Waals surface area contributed by atoms with Crippen molar-refractivity contribution >= 4 is 5.91 Å². The molecule has 4 rings (SSSR count). The first-order valence-corrected chi connectivity index (χ1v) is 9.64. The molecule has 1 aromatic heterocycles. The van der Waals surface area contributed by atoms with Crippen LogP contribution in [0, 0.1) is 11.8 Å². The molecule has 4 heteroatoms. The lowest BCUT2D eigenvalue weighted by Gasteiger charge is -2.38. The van der Waals surface area contributed by atoms with Gasteiger partial charge in [-0.2, -0.15) is 0 Å². The third kappa shape index (κ3) is 4.31. The van der Waals surface area contributed by atoms with Crippen LogP contribution < -0.4 is 0 Å². The fraction of sp³-hybridized carbons (Fsp3) is 0.455. The van der Waals surface area contributed by atoms with E-state index in [1.807, 2.05) is 11.0 Å². The van der Waals surface area contributed by atoms with Crippen molar-refractivity contribution in [3.05, 3.63) is 66.0 Å². The topological polar surface area (TPSA) is 42.4 Å². The van der Waals surface area contributed by atoms with E-state index < -0.39 is 0 Å². The van der Waals surface area contributed by atoms with Crippen molar-refractivity contribution in [3.63, 3.8) is 0 Å². The molecule has 0 radical (unpaired) electrons. The van der Waals surface area contributed by atoms with Gasteiger partial charge in [-0.15, -0.1) is 0 Å². The maximum atomic E-state index is 12.8. The van der Waals surface area contributed by atoms with Crippen molar-refractivity contribution in [1.82, 2.24) is 9.88 Å². The summed E-state index contributed by atoms with van der Waals surface area (Å²) >= 11 is 0. The zero-order chi connectivity index (χ0) is 17.8. The molecule has 1 aliphatic carbocycles. The second-order valence-electron chi connectivity index (χ2n) is 7.54. The Bertz CT molecular complexity index is 715. The normalized spacial score (nSPS) is 23.0. The third-order valence-electron chi connectivity index (χ3n) is 5.46. The molecule has 2 fully saturated rings. The summed E-state index contributed by atoms with van der Waals surface area (Å²) in [4.78, 5) is 18.8. The summed E-state index contributed by atoms with van der Waals surface area (Å²) in [5, 5.41) is 0. The first-order chi connectivity index (χ1) is 12.8. The van der Waals surface area contributed by atoms with Gasteiger partial charge in [0.2, 0.25) is 0 Å². The summed E-state index contributed by atoms with van der Waals surface area (Å²) in [6.45, 7) is 2.40. The van der Waals surface area contributed by atoms with Crippen LogP contribution in [-0.4, -0.2) is 41.6 Å². The Morgan fingerprint density at radius 1 is 1.08 bits per heavy atom. The Balaban J connectivity index is 1.45. The molecular weight excluding hydrogens is 324 g/mol. The van der Waals surface area contributed by atoms with Gasteiger partial charge in [-0.3, -0.25) is 9.78 Å². The van der Waals surface area contributed by atoms with E-state index in [0.717, 1.165) is 44.0 Å². The number of amides is 1. The molecule has 1 aromatic carbocycles. The van der Waals surface area contributed by atoms with Gasteiger partial charge in [-0.25, -0.2) is 0 Å². The van der Waals surface area contributed by atoms with Crippen molar-refractivity contribution in [2.45, 2.75) is 31.8 Å². The van der Waals surface area contributed by atoms with E-state index >= 15 is 0 Å². The van der Waals surface area contributed by atoms with E-state index in [9.17, 15) is 4.79 Å². The van der Waals surface area contributed by atoms with Crippen molar-refractivity contribution in [1.29, 1.82) is 0 Å². The second kappa shape index (κ2) is 8.00. The summed E-state index contributed by atoms with van der Waals surface area (Å²) < 4.78 is 6.28. The highest BCUT2D eigenvalue weighted by Gasteiger charge is 2.34. The summed E-state index contributed by atoms with van der Waals surface area (Å²) in [5.41, 5.74) is 2.03. The average molecular weight is 350 g/mol. The van der Waals surface area contributed by atoms with E-state index in [2.05, 4.69) is 29.2 Å². The van der Waals surface area contributed by atoms with Crippen LogP contribution >= 0.6 is 0 Å². The van der Waals surface area contributed by atoms with Crippen molar-refractivity contribution < 1.29 is 9.53 Å². The van der Waals surface area contributed by atoms with Crippen LogP contribution in [-0.2, 0) is 11.2 Å². The minimum Gasteiger partial charge on any atom is -0.377 e. The molecule has 2 atom stereocenters. The maximum absolute atomic E-state index is 12.8. The molecule has 0 unspecified atom stereocenters. The SMILES string of the molecule is O=C(c1ccncc1)N1CC[C@@H](OCC2CC2)[C@H](Cc2ccccc2)C1. The van der Waals surface area contributed by atoms with Gasteiger partial charge in [0.15, 0.2) is 0 Å². The molecule has 1 saturated heterocycles. The molecule has 136 valence electrons. The van der Waals surface area contributed by atoms with Gasteiger partial charge in [-0.1, -0.05) is 30.3 Å². The van der Waals surface area contributed by atoms with Gasteiger partial charge in [0, 0.05) is 43.6 Å². The Labute approximate surface area is 155 Å². The minimum atomic E-state index is 0.103. The lowest BCUT2D eigenvalue weighted by Crippen LogP contribution is -2.47. The van der Waals surface area contributed by atoms with Gasteiger partial charge >= 0.3 is 0 Å². The molecule has 1 aliphatic heterocycles. The summed E-state index contributed by atoms with van der Waals surface area (Å²) in [5.74, 6) is 1.21. The standard InChI is InChI=1S/C22H26N2O2/c25-22(19-8-11-23-12-9-19)24-13-10-21(26-16-18-6-7-18)20(15-24)14-17-4-2-1-3-5-17/h1-5,8-9,11-12,18,20-21H,6-7,10,13-16H2/t20-,21-/m1/s1. The Morgan fingerprint density at radius 2 is 1.85 bits per heavy atom. The van der Waals surface area contributed by atoms with E-state index in [4.69, 9.17) is 4.74 Å². The highest BCUT2D eigenvalue weighted by molar-refractivity contribution is 5.94. The van der Waals surface area contributed by atoms with Crippen LogP contribution in [0.2, 0.25) is 0 Å². The van der Waals surface area contributed by atoms with E-state index in [0.29, 0.717) is 5.92 Å². The lowest BCUT2D eigenvalue weighted by molar-refractivity contribution is -0.0326. The van der Waals surface area contributed by atoms with Gasteiger partial charge in [0.25, 0.3) is 5.91 Å². The Morgan fingerprint density at radius 3 is 2.58 bits per heavy atom. The van der Waals surface area contributed by atoms with Crippen LogP contribution in [0.5, 0.6) is 0 Å². The fourth-order valence-corrected chi connectivity index (χ4v) is 3.75. The molecular formula is C22H26N2O2. The van der Waals surface area contributed by atoms with Crippen molar-refractivity contribution in [3.8, 4) is 0 Å². The largest absolute Gasteiger partial charge is 0.377 e. The minimum absolute atomic E-state index is 0.103. The zero-order valence-electron chi connectivity index (χ0n) is 15.1. The van der Waals surface area contributed by atoms with Crippen molar-refractivity contribution in [2.24, 2.45) is 11.8 Å². The number of likely N-dealkylation sites (tertiary alicyclic amines) is 1. The summed E-state index contributed by atoms with van der Waals surface area (Å²) in [7, 11) is 0. The predicted molar refractivity (Wildman–Crippen MR) is 101 cm³/mol. The van der Waals surface area contributed by atoms with Crippen molar-refractivity contribution in [2.75, 3.05) is 19.7 Å². The van der Waals surface area contributed by atoms with E-state index in [-0.39, 0.29) is 12.0 Å². The fourth-order valence-electron chi connectivity index (χ4n) is 3.75. The predicted octanol–water partition coefficient (Wildman–Crippen LogP) is 3.58. The second-order valence-corrected chi connectivity index (χ2v) is 7.54. The molecule has 2 aromatic rings. The molecule has 4 nitrogen and oxygen atoms in total. The van der Waals surface area contributed by atoms with Crippen LogP contribution in [0.4, 0.5) is 0 Å². The highest BCUT2D eigenvalue weighted by atomic mass is 16.5. The number of hydrogen-bond donors (Lipinski definition) is 0. The smallest absolute Gasteiger partial charge is 0.253 e. The van der Waals surface area contributed by atoms with Crippen LogP contribution in [0.15, 0.2) is 54.9 Å². The monoisotopic (exact) mass is 350 g/mol. The van der Waals surface area contributed by atoms with Gasteiger partial charge in [0.1, 0.15) is 0 Å². The first kappa shape index (κ1) is 17.2. The summed E-state index contributed by atoms with van der Waals surface area (Å²) in [6, 6.07) is 14.1. The molecule has 0 bridgehead atoms. The number of carbonyl (C=O) groups excluding carboxylic acids is 1. The average Bonchev–Trinajstić information content (AvgIpc) is 3.52. The number of piperidine rings is 1. The number of aromatic nitrogens is 1.